The number of aryl methyl sites for hydroxylation is 2. The monoisotopic (exact) mass is 205 g/mol. The molecule has 0 saturated carbocycles. The first-order valence-electron chi connectivity index (χ1n) is 5.70. The van der Waals surface area contributed by atoms with Crippen molar-refractivity contribution in [3.63, 3.8) is 0 Å². The third-order valence-corrected chi connectivity index (χ3v) is 3.39. The van der Waals surface area contributed by atoms with Crippen molar-refractivity contribution in [2.24, 2.45) is 11.7 Å². The molecule has 2 heteroatoms. The molecule has 0 heterocycles. The lowest BCUT2D eigenvalue weighted by atomic mass is 9.79. The zero-order chi connectivity index (χ0) is 10.8. The van der Waals surface area contributed by atoms with E-state index in [-0.39, 0.29) is 6.10 Å². The molecule has 0 fully saturated rings. The van der Waals surface area contributed by atoms with E-state index in [1.807, 2.05) is 0 Å². The molecule has 1 aliphatic carbocycles. The normalized spacial score (nSPS) is 25.0. The van der Waals surface area contributed by atoms with Gasteiger partial charge in [-0.3, -0.25) is 0 Å². The second-order valence-electron chi connectivity index (χ2n) is 4.52. The van der Waals surface area contributed by atoms with Crippen molar-refractivity contribution in [3.05, 3.63) is 34.9 Å². The van der Waals surface area contributed by atoms with Crippen LogP contribution in [0.5, 0.6) is 0 Å². The van der Waals surface area contributed by atoms with Crippen molar-refractivity contribution < 1.29 is 5.11 Å². The highest BCUT2D eigenvalue weighted by Gasteiger charge is 2.26. The summed E-state index contributed by atoms with van der Waals surface area (Å²) >= 11 is 0. The average Bonchev–Trinajstić information content (AvgIpc) is 2.23. The molecule has 0 saturated heterocycles. The predicted octanol–water partition coefficient (Wildman–Crippen LogP) is 1.94. The van der Waals surface area contributed by atoms with Gasteiger partial charge < -0.3 is 10.8 Å². The van der Waals surface area contributed by atoms with Crippen LogP contribution in [0.4, 0.5) is 0 Å². The Bertz CT molecular complexity index is 348. The van der Waals surface area contributed by atoms with Crippen LogP contribution in [0.3, 0.4) is 0 Å². The first-order chi connectivity index (χ1) is 7.22. The molecule has 1 aliphatic rings. The maximum absolute atomic E-state index is 10.2. The van der Waals surface area contributed by atoms with Gasteiger partial charge in [-0.25, -0.2) is 0 Å². The molecule has 0 bridgehead atoms. The van der Waals surface area contributed by atoms with E-state index in [1.54, 1.807) is 0 Å². The number of rotatable bonds is 2. The maximum Gasteiger partial charge on any atom is 0.0821 e. The van der Waals surface area contributed by atoms with Gasteiger partial charge in [0.05, 0.1) is 6.10 Å². The highest BCUT2D eigenvalue weighted by atomic mass is 16.3. The molecule has 2 nitrogen and oxygen atoms in total. The molecule has 0 spiro atoms. The van der Waals surface area contributed by atoms with E-state index in [0.717, 1.165) is 24.8 Å². The second kappa shape index (κ2) is 4.33. The van der Waals surface area contributed by atoms with Crippen molar-refractivity contribution in [1.29, 1.82) is 0 Å². The van der Waals surface area contributed by atoms with Crippen LogP contribution in [0.2, 0.25) is 0 Å². The fourth-order valence-electron chi connectivity index (χ4n) is 2.49. The fourth-order valence-corrected chi connectivity index (χ4v) is 2.49. The van der Waals surface area contributed by atoms with E-state index >= 15 is 0 Å². The van der Waals surface area contributed by atoms with Crippen LogP contribution < -0.4 is 5.73 Å². The lowest BCUT2D eigenvalue weighted by molar-refractivity contribution is 0.0898. The van der Waals surface area contributed by atoms with Crippen LogP contribution in [0.1, 0.15) is 35.6 Å². The molecule has 1 aromatic rings. The van der Waals surface area contributed by atoms with Gasteiger partial charge in [0.2, 0.25) is 0 Å². The predicted molar refractivity (Wildman–Crippen MR) is 61.6 cm³/mol. The summed E-state index contributed by atoms with van der Waals surface area (Å²) in [5, 5.41) is 10.2. The van der Waals surface area contributed by atoms with Gasteiger partial charge in [-0.2, -0.15) is 0 Å². The molecular weight excluding hydrogens is 186 g/mol. The highest BCUT2D eigenvalue weighted by molar-refractivity contribution is 5.35. The molecule has 2 unspecified atom stereocenters. The van der Waals surface area contributed by atoms with Crippen molar-refractivity contribution in [3.8, 4) is 0 Å². The van der Waals surface area contributed by atoms with Gasteiger partial charge in [-0.05, 0) is 49.8 Å². The number of benzene rings is 1. The Balaban J connectivity index is 2.28. The number of aliphatic hydroxyl groups is 1. The van der Waals surface area contributed by atoms with Crippen LogP contribution in [0.25, 0.3) is 0 Å². The van der Waals surface area contributed by atoms with E-state index < -0.39 is 0 Å². The Hall–Kier alpha value is -0.860. The van der Waals surface area contributed by atoms with Crippen molar-refractivity contribution in [2.75, 3.05) is 6.54 Å². The Labute approximate surface area is 91.1 Å². The minimum atomic E-state index is -0.308. The van der Waals surface area contributed by atoms with Gasteiger partial charge in [-0.15, -0.1) is 0 Å². The lowest BCUT2D eigenvalue weighted by Crippen LogP contribution is -2.23. The summed E-state index contributed by atoms with van der Waals surface area (Å²) in [6.07, 6.45) is 2.76. The summed E-state index contributed by atoms with van der Waals surface area (Å²) in [5.41, 5.74) is 9.22. The number of aliphatic hydroxyl groups excluding tert-OH is 1. The van der Waals surface area contributed by atoms with Gasteiger partial charge in [-0.1, -0.05) is 23.8 Å². The van der Waals surface area contributed by atoms with E-state index in [4.69, 9.17) is 5.73 Å². The largest absolute Gasteiger partial charge is 0.388 e. The molecule has 82 valence electrons. The van der Waals surface area contributed by atoms with Crippen molar-refractivity contribution >= 4 is 0 Å². The average molecular weight is 205 g/mol. The highest BCUT2D eigenvalue weighted by Crippen LogP contribution is 2.36. The van der Waals surface area contributed by atoms with Crippen molar-refractivity contribution in [2.45, 2.75) is 32.3 Å². The number of hydrogen-bond donors (Lipinski definition) is 2. The van der Waals surface area contributed by atoms with Gasteiger partial charge in [0.1, 0.15) is 0 Å². The van der Waals surface area contributed by atoms with E-state index in [9.17, 15) is 5.11 Å². The van der Waals surface area contributed by atoms with E-state index in [1.165, 1.54) is 11.1 Å². The Morgan fingerprint density at radius 2 is 2.27 bits per heavy atom. The summed E-state index contributed by atoms with van der Waals surface area (Å²) in [6.45, 7) is 2.74. The summed E-state index contributed by atoms with van der Waals surface area (Å²) in [6, 6.07) is 6.38. The number of hydrogen-bond acceptors (Lipinski definition) is 2. The molecule has 0 amide bonds. The minimum absolute atomic E-state index is 0.308. The summed E-state index contributed by atoms with van der Waals surface area (Å²) in [5.74, 6) is 0.351. The van der Waals surface area contributed by atoms with Crippen LogP contribution in [-0.2, 0) is 6.42 Å². The first kappa shape index (κ1) is 10.7. The molecule has 2 rings (SSSR count). The van der Waals surface area contributed by atoms with E-state index in [2.05, 4.69) is 25.1 Å². The number of nitrogens with two attached hydrogens (primary N) is 1. The molecule has 0 aromatic heterocycles. The Kier molecular flexibility index (Phi) is 3.08. The summed E-state index contributed by atoms with van der Waals surface area (Å²) < 4.78 is 0. The van der Waals surface area contributed by atoms with Crippen LogP contribution in [0.15, 0.2) is 18.2 Å². The van der Waals surface area contributed by atoms with Gasteiger partial charge >= 0.3 is 0 Å². The lowest BCUT2D eigenvalue weighted by Gasteiger charge is -2.30. The van der Waals surface area contributed by atoms with Gasteiger partial charge in [0.25, 0.3) is 0 Å². The molecular formula is C13H19NO. The topological polar surface area (TPSA) is 46.2 Å². The zero-order valence-electron chi connectivity index (χ0n) is 9.24. The minimum Gasteiger partial charge on any atom is -0.388 e. The quantitative estimate of drug-likeness (QED) is 0.775. The molecule has 3 N–H and O–H groups in total. The third kappa shape index (κ3) is 2.06. The SMILES string of the molecule is Cc1ccc2c(c1)C(O)C(CCN)CC2. The molecule has 0 radical (unpaired) electrons. The maximum atomic E-state index is 10.2. The molecule has 2 atom stereocenters. The zero-order valence-corrected chi connectivity index (χ0v) is 9.24. The Morgan fingerprint density at radius 3 is 3.00 bits per heavy atom. The first-order valence-corrected chi connectivity index (χ1v) is 5.70. The number of fused-ring (bicyclic) bond motifs is 1. The molecule has 0 aliphatic heterocycles. The standard InChI is InChI=1S/C13H19NO/c1-9-2-3-10-4-5-11(6-7-14)13(15)12(10)8-9/h2-3,8,11,13,15H,4-7,14H2,1H3. The molecule has 15 heavy (non-hydrogen) atoms. The van der Waals surface area contributed by atoms with Gasteiger partial charge in [0, 0.05) is 0 Å². The third-order valence-electron chi connectivity index (χ3n) is 3.39. The van der Waals surface area contributed by atoms with Crippen molar-refractivity contribution in [1.82, 2.24) is 0 Å². The van der Waals surface area contributed by atoms with Crippen LogP contribution in [-0.4, -0.2) is 11.7 Å². The molecule has 1 aromatic carbocycles. The van der Waals surface area contributed by atoms with Gasteiger partial charge in [0.15, 0.2) is 0 Å². The smallest absolute Gasteiger partial charge is 0.0821 e. The second-order valence-corrected chi connectivity index (χ2v) is 4.52. The van der Waals surface area contributed by atoms with E-state index in [0.29, 0.717) is 12.5 Å². The summed E-state index contributed by atoms with van der Waals surface area (Å²) in [7, 11) is 0. The van der Waals surface area contributed by atoms with Crippen LogP contribution in [0, 0.1) is 12.8 Å². The fraction of sp³-hybridized carbons (Fsp3) is 0.538. The van der Waals surface area contributed by atoms with Crippen LogP contribution >= 0.6 is 0 Å². The Morgan fingerprint density at radius 1 is 1.47 bits per heavy atom. The summed E-state index contributed by atoms with van der Waals surface area (Å²) in [4.78, 5) is 0.